The number of hydrogen-bond donors (Lipinski definition) is 2. The Morgan fingerprint density at radius 2 is 2.28 bits per heavy atom. The monoisotopic (exact) mass is 249 g/mol. The van der Waals surface area contributed by atoms with Gasteiger partial charge in [-0.05, 0) is 25.0 Å². The van der Waals surface area contributed by atoms with Crippen molar-refractivity contribution in [1.29, 1.82) is 0 Å². The Morgan fingerprint density at radius 3 is 2.83 bits per heavy atom. The highest BCUT2D eigenvalue weighted by Gasteiger charge is 2.33. The van der Waals surface area contributed by atoms with Gasteiger partial charge in [0.1, 0.15) is 6.04 Å². The van der Waals surface area contributed by atoms with Gasteiger partial charge in [0.15, 0.2) is 0 Å². The largest absolute Gasteiger partial charge is 0.369 e. The van der Waals surface area contributed by atoms with E-state index in [1.54, 1.807) is 0 Å². The SMILES string of the molecule is CCc1ccc2c(c1)[C@H](N(O)C(N)=O)CN2CC. The number of amides is 2. The number of benzene rings is 1. The normalized spacial score (nSPS) is 17.7. The molecule has 98 valence electrons. The minimum absolute atomic E-state index is 0.371. The molecule has 5 heteroatoms. The number of nitrogens with zero attached hydrogens (tertiary/aromatic N) is 2. The van der Waals surface area contributed by atoms with Crippen LogP contribution in [0, 0.1) is 0 Å². The van der Waals surface area contributed by atoms with E-state index in [1.165, 1.54) is 5.56 Å². The summed E-state index contributed by atoms with van der Waals surface area (Å²) in [6.45, 7) is 5.54. The topological polar surface area (TPSA) is 69.8 Å². The molecule has 2 amide bonds. The predicted molar refractivity (Wildman–Crippen MR) is 69.7 cm³/mol. The van der Waals surface area contributed by atoms with E-state index in [1.807, 2.05) is 19.1 Å². The number of likely N-dealkylation sites (N-methyl/N-ethyl adjacent to an activating group) is 1. The summed E-state index contributed by atoms with van der Waals surface area (Å²) in [5, 5.41) is 10.4. The lowest BCUT2D eigenvalue weighted by Gasteiger charge is -2.21. The zero-order valence-corrected chi connectivity index (χ0v) is 10.8. The second kappa shape index (κ2) is 4.86. The maximum atomic E-state index is 11.1. The molecule has 0 aliphatic carbocycles. The van der Waals surface area contributed by atoms with Gasteiger partial charge in [0.25, 0.3) is 0 Å². The van der Waals surface area contributed by atoms with Crippen LogP contribution in [0.5, 0.6) is 0 Å². The fourth-order valence-electron chi connectivity index (χ4n) is 2.45. The fraction of sp³-hybridized carbons (Fsp3) is 0.462. The van der Waals surface area contributed by atoms with E-state index in [2.05, 4.69) is 17.9 Å². The summed E-state index contributed by atoms with van der Waals surface area (Å²) >= 11 is 0. The predicted octanol–water partition coefficient (Wildman–Crippen LogP) is 1.90. The van der Waals surface area contributed by atoms with E-state index in [-0.39, 0.29) is 6.04 Å². The summed E-state index contributed by atoms with van der Waals surface area (Å²) < 4.78 is 0. The number of hydrogen-bond acceptors (Lipinski definition) is 3. The Labute approximate surface area is 107 Å². The smallest absolute Gasteiger partial charge is 0.339 e. The third-order valence-corrected chi connectivity index (χ3v) is 3.50. The third-order valence-electron chi connectivity index (χ3n) is 3.50. The number of primary amides is 1. The van der Waals surface area contributed by atoms with Gasteiger partial charge in [-0.25, -0.2) is 4.79 Å². The van der Waals surface area contributed by atoms with Gasteiger partial charge in [0.2, 0.25) is 0 Å². The molecule has 18 heavy (non-hydrogen) atoms. The van der Waals surface area contributed by atoms with Crippen molar-refractivity contribution in [2.45, 2.75) is 26.3 Å². The summed E-state index contributed by atoms with van der Waals surface area (Å²) in [5.41, 5.74) is 8.38. The van der Waals surface area contributed by atoms with Crippen LogP contribution < -0.4 is 10.6 Å². The van der Waals surface area contributed by atoms with Crippen molar-refractivity contribution in [3.05, 3.63) is 29.3 Å². The summed E-state index contributed by atoms with van der Waals surface area (Å²) in [5.74, 6) is 0. The molecule has 2 rings (SSSR count). The number of aryl methyl sites for hydroxylation is 1. The van der Waals surface area contributed by atoms with Crippen molar-refractivity contribution in [1.82, 2.24) is 5.06 Å². The van der Waals surface area contributed by atoms with Crippen LogP contribution in [0.3, 0.4) is 0 Å². The van der Waals surface area contributed by atoms with Gasteiger partial charge in [-0.2, -0.15) is 5.06 Å². The molecule has 3 N–H and O–H groups in total. The van der Waals surface area contributed by atoms with E-state index in [0.29, 0.717) is 11.6 Å². The molecule has 5 nitrogen and oxygen atoms in total. The minimum Gasteiger partial charge on any atom is -0.369 e. The van der Waals surface area contributed by atoms with Crippen molar-refractivity contribution in [3.63, 3.8) is 0 Å². The Balaban J connectivity index is 2.41. The summed E-state index contributed by atoms with van der Waals surface area (Å²) in [6, 6.07) is 4.99. The Bertz CT molecular complexity index is 462. The zero-order valence-electron chi connectivity index (χ0n) is 10.8. The molecule has 0 fully saturated rings. The second-order valence-corrected chi connectivity index (χ2v) is 4.48. The fourth-order valence-corrected chi connectivity index (χ4v) is 2.45. The zero-order chi connectivity index (χ0) is 13.3. The third kappa shape index (κ3) is 2.01. The lowest BCUT2D eigenvalue weighted by molar-refractivity contribution is -0.0716. The quantitative estimate of drug-likeness (QED) is 0.635. The van der Waals surface area contributed by atoms with E-state index < -0.39 is 6.03 Å². The van der Waals surface area contributed by atoms with Gasteiger partial charge in [-0.3, -0.25) is 5.21 Å². The van der Waals surface area contributed by atoms with Crippen LogP contribution in [0.4, 0.5) is 10.5 Å². The van der Waals surface area contributed by atoms with Gasteiger partial charge < -0.3 is 10.6 Å². The molecule has 0 spiro atoms. The molecule has 0 bridgehead atoms. The molecule has 1 aromatic carbocycles. The van der Waals surface area contributed by atoms with E-state index >= 15 is 0 Å². The highest BCUT2D eigenvalue weighted by Crippen LogP contribution is 2.38. The summed E-state index contributed by atoms with van der Waals surface area (Å²) in [6.07, 6.45) is 0.925. The van der Waals surface area contributed by atoms with Crippen molar-refractivity contribution in [2.75, 3.05) is 18.0 Å². The molecule has 1 atom stereocenters. The van der Waals surface area contributed by atoms with Gasteiger partial charge in [0, 0.05) is 24.3 Å². The lowest BCUT2D eigenvalue weighted by atomic mass is 10.0. The van der Waals surface area contributed by atoms with Crippen LogP contribution in [0.2, 0.25) is 0 Å². The van der Waals surface area contributed by atoms with Crippen LogP contribution >= 0.6 is 0 Å². The highest BCUT2D eigenvalue weighted by molar-refractivity contribution is 5.73. The maximum Gasteiger partial charge on any atom is 0.339 e. The molecule has 0 aromatic heterocycles. The molecule has 1 heterocycles. The first kappa shape index (κ1) is 12.7. The maximum absolute atomic E-state index is 11.1. The number of fused-ring (bicyclic) bond motifs is 1. The van der Waals surface area contributed by atoms with Crippen molar-refractivity contribution in [3.8, 4) is 0 Å². The first-order valence-electron chi connectivity index (χ1n) is 6.23. The Morgan fingerprint density at radius 1 is 1.56 bits per heavy atom. The summed E-state index contributed by atoms with van der Waals surface area (Å²) in [7, 11) is 0. The number of urea groups is 1. The molecule has 1 aromatic rings. The number of nitrogens with two attached hydrogens (primary N) is 1. The molecular weight excluding hydrogens is 230 g/mol. The van der Waals surface area contributed by atoms with Crippen molar-refractivity contribution in [2.24, 2.45) is 5.73 Å². The molecule has 0 saturated carbocycles. The molecule has 1 aliphatic heterocycles. The van der Waals surface area contributed by atoms with Gasteiger partial charge >= 0.3 is 6.03 Å². The van der Waals surface area contributed by atoms with Crippen LogP contribution in [0.25, 0.3) is 0 Å². The number of rotatable bonds is 3. The van der Waals surface area contributed by atoms with E-state index in [4.69, 9.17) is 5.73 Å². The lowest BCUT2D eigenvalue weighted by Crippen LogP contribution is -2.38. The molecular formula is C13H19N3O2. The number of hydroxylamine groups is 2. The number of carbonyl (C=O) groups excluding carboxylic acids is 1. The molecule has 0 unspecified atom stereocenters. The van der Waals surface area contributed by atoms with Crippen LogP contribution in [0.1, 0.15) is 31.0 Å². The highest BCUT2D eigenvalue weighted by atomic mass is 16.5. The van der Waals surface area contributed by atoms with Crippen LogP contribution in [-0.2, 0) is 6.42 Å². The average Bonchev–Trinajstić information content (AvgIpc) is 2.75. The first-order valence-corrected chi connectivity index (χ1v) is 6.23. The molecule has 1 aliphatic rings. The Hall–Kier alpha value is -1.75. The van der Waals surface area contributed by atoms with Crippen LogP contribution in [-0.4, -0.2) is 29.4 Å². The van der Waals surface area contributed by atoms with Gasteiger partial charge in [-0.15, -0.1) is 0 Å². The average molecular weight is 249 g/mol. The van der Waals surface area contributed by atoms with Crippen LogP contribution in [0.15, 0.2) is 18.2 Å². The standard InChI is InChI=1S/C13H19N3O2/c1-3-9-5-6-11-10(7-9)12(8-15(11)4-2)16(18)13(14)17/h5-7,12,18H,3-4,8H2,1-2H3,(H2,14,17)/t12-/m1/s1. The van der Waals surface area contributed by atoms with Gasteiger partial charge in [-0.1, -0.05) is 19.1 Å². The second-order valence-electron chi connectivity index (χ2n) is 4.48. The summed E-state index contributed by atoms with van der Waals surface area (Å²) in [4.78, 5) is 13.3. The van der Waals surface area contributed by atoms with E-state index in [9.17, 15) is 10.0 Å². The Kier molecular flexibility index (Phi) is 3.43. The number of carbonyl (C=O) groups is 1. The molecule has 0 radical (unpaired) electrons. The minimum atomic E-state index is -0.814. The molecule has 0 saturated heterocycles. The van der Waals surface area contributed by atoms with E-state index in [0.717, 1.165) is 24.2 Å². The van der Waals surface area contributed by atoms with Crippen molar-refractivity contribution >= 4 is 11.7 Å². The van der Waals surface area contributed by atoms with Crippen molar-refractivity contribution < 1.29 is 10.0 Å². The first-order chi connectivity index (χ1) is 8.58. The van der Waals surface area contributed by atoms with Gasteiger partial charge in [0.05, 0.1) is 0 Å². The number of anilines is 1.